The molecule has 0 amide bonds. The Morgan fingerprint density at radius 1 is 0.404 bits per heavy atom. The number of nitrogens with zero attached hydrogens (tertiary/aromatic N) is 1. The summed E-state index contributed by atoms with van der Waals surface area (Å²) in [6, 6.07) is 56.4. The molecule has 0 aliphatic carbocycles. The molecule has 8 aromatic carbocycles. The van der Waals surface area contributed by atoms with Gasteiger partial charge < -0.3 is 4.90 Å². The highest BCUT2D eigenvalue weighted by Crippen LogP contribution is 2.55. The van der Waals surface area contributed by atoms with E-state index in [-0.39, 0.29) is 11.0 Å². The fourth-order valence-corrected chi connectivity index (χ4v) is 8.19. The summed E-state index contributed by atoms with van der Waals surface area (Å²) in [5.41, 5.74) is 8.83. The van der Waals surface area contributed by atoms with Gasteiger partial charge in [0.15, 0.2) is 0 Å². The molecular formula is C46H37N. The van der Waals surface area contributed by atoms with Crippen LogP contribution in [0.1, 0.15) is 33.3 Å². The maximum absolute atomic E-state index is 2.58. The van der Waals surface area contributed by atoms with Crippen LogP contribution < -0.4 is 4.90 Å². The van der Waals surface area contributed by atoms with Gasteiger partial charge >= 0.3 is 0 Å². The molecule has 0 fully saturated rings. The summed E-state index contributed by atoms with van der Waals surface area (Å²) in [7, 11) is 0. The topological polar surface area (TPSA) is 3.24 Å². The molecule has 47 heavy (non-hydrogen) atoms. The van der Waals surface area contributed by atoms with Gasteiger partial charge in [-0.15, -0.1) is 0 Å². The van der Waals surface area contributed by atoms with E-state index >= 15 is 0 Å². The second kappa shape index (κ2) is 10.0. The fourth-order valence-electron chi connectivity index (χ4n) is 8.19. The molecule has 0 N–H and O–H groups in total. The van der Waals surface area contributed by atoms with Gasteiger partial charge in [0.1, 0.15) is 0 Å². The minimum Gasteiger partial charge on any atom is -0.335 e. The summed E-state index contributed by atoms with van der Waals surface area (Å²) in [4.78, 5) is 2.58. The summed E-state index contributed by atoms with van der Waals surface area (Å²) in [6.07, 6.45) is 0. The van der Waals surface area contributed by atoms with Crippen LogP contribution in [-0.4, -0.2) is 5.54 Å². The number of anilines is 2. The largest absolute Gasteiger partial charge is 0.335 e. The van der Waals surface area contributed by atoms with Crippen molar-refractivity contribution in [3.63, 3.8) is 0 Å². The van der Waals surface area contributed by atoms with E-state index in [9.17, 15) is 0 Å². The molecule has 0 spiro atoms. The van der Waals surface area contributed by atoms with E-state index in [4.69, 9.17) is 0 Å². The van der Waals surface area contributed by atoms with Crippen molar-refractivity contribution in [2.24, 2.45) is 0 Å². The van der Waals surface area contributed by atoms with Crippen molar-refractivity contribution in [2.75, 3.05) is 4.90 Å². The lowest BCUT2D eigenvalue weighted by molar-refractivity contribution is 0.330. The summed E-state index contributed by atoms with van der Waals surface area (Å²) < 4.78 is 0. The fraction of sp³-hybridized carbons (Fsp3) is 0.130. The van der Waals surface area contributed by atoms with Gasteiger partial charge in [-0.2, -0.15) is 0 Å². The Balaban J connectivity index is 1.40. The Hall–Kier alpha value is -5.40. The van der Waals surface area contributed by atoms with Crippen LogP contribution in [0.5, 0.6) is 0 Å². The molecule has 0 saturated heterocycles. The van der Waals surface area contributed by atoms with E-state index < -0.39 is 0 Å². The van der Waals surface area contributed by atoms with E-state index in [1.54, 1.807) is 0 Å². The molecule has 0 bridgehead atoms. The zero-order valence-corrected chi connectivity index (χ0v) is 27.4. The molecule has 1 heterocycles. The Kier molecular flexibility index (Phi) is 5.96. The average Bonchev–Trinajstić information content (AvgIpc) is 3.26. The molecule has 9 rings (SSSR count). The van der Waals surface area contributed by atoms with Crippen LogP contribution in [0.25, 0.3) is 65.3 Å². The standard InChI is InChI=1S/C46H37N/c1-45(2)41-19-11-12-20-42(41)47(46(45,3)4)36-25-26-39-40(29-36)44(35-24-22-31-14-6-8-16-33(31)28-35)38-18-10-9-17-37(38)43(39)34-23-21-30-13-5-7-15-32(30)27-34/h5-29H,1-4H3. The van der Waals surface area contributed by atoms with Crippen molar-refractivity contribution < 1.29 is 0 Å². The third-order valence-corrected chi connectivity index (χ3v) is 11.2. The number of rotatable bonds is 3. The molecule has 1 nitrogen and oxygen atoms in total. The van der Waals surface area contributed by atoms with Crippen LogP contribution in [0, 0.1) is 0 Å². The third kappa shape index (κ3) is 4.02. The first-order valence-corrected chi connectivity index (χ1v) is 16.7. The molecule has 0 saturated carbocycles. The minimum absolute atomic E-state index is 0.0284. The zero-order chi connectivity index (χ0) is 31.9. The van der Waals surface area contributed by atoms with E-state index in [0.717, 1.165) is 0 Å². The summed E-state index contributed by atoms with van der Waals surface area (Å²) in [6.45, 7) is 9.56. The Morgan fingerprint density at radius 2 is 0.894 bits per heavy atom. The van der Waals surface area contributed by atoms with Crippen molar-refractivity contribution >= 4 is 54.5 Å². The van der Waals surface area contributed by atoms with Crippen molar-refractivity contribution in [1.82, 2.24) is 0 Å². The van der Waals surface area contributed by atoms with E-state index in [1.165, 1.54) is 82.3 Å². The maximum Gasteiger partial charge on any atom is 0.0487 e. The average molecular weight is 604 g/mol. The highest BCUT2D eigenvalue weighted by Gasteiger charge is 2.51. The van der Waals surface area contributed by atoms with Crippen LogP contribution in [0.4, 0.5) is 11.4 Å². The van der Waals surface area contributed by atoms with Crippen molar-refractivity contribution in [1.29, 1.82) is 0 Å². The van der Waals surface area contributed by atoms with Gasteiger partial charge in [0, 0.05) is 22.3 Å². The normalized spacial score (nSPS) is 15.1. The Morgan fingerprint density at radius 3 is 1.51 bits per heavy atom. The monoisotopic (exact) mass is 603 g/mol. The Bertz CT molecular complexity index is 2530. The summed E-state index contributed by atoms with van der Waals surface area (Å²) in [5, 5.41) is 10.1. The molecule has 226 valence electrons. The molecule has 0 radical (unpaired) electrons. The van der Waals surface area contributed by atoms with Crippen LogP contribution in [0.2, 0.25) is 0 Å². The maximum atomic E-state index is 2.58. The van der Waals surface area contributed by atoms with E-state index in [0.29, 0.717) is 0 Å². The lowest BCUT2D eigenvalue weighted by Gasteiger charge is -2.42. The predicted octanol–water partition coefficient (Wildman–Crippen LogP) is 12.8. The van der Waals surface area contributed by atoms with E-state index in [1.807, 2.05) is 0 Å². The molecule has 0 aromatic heterocycles. The first-order chi connectivity index (χ1) is 22.8. The quantitative estimate of drug-likeness (QED) is 0.182. The van der Waals surface area contributed by atoms with Gasteiger partial charge in [-0.25, -0.2) is 0 Å². The highest BCUT2D eigenvalue weighted by molar-refractivity contribution is 6.22. The first-order valence-electron chi connectivity index (χ1n) is 16.7. The first kappa shape index (κ1) is 27.9. The number of fused-ring (bicyclic) bond motifs is 5. The van der Waals surface area contributed by atoms with Gasteiger partial charge in [0.25, 0.3) is 0 Å². The lowest BCUT2D eigenvalue weighted by atomic mass is 9.72. The van der Waals surface area contributed by atoms with Crippen LogP contribution >= 0.6 is 0 Å². The van der Waals surface area contributed by atoms with Gasteiger partial charge in [-0.1, -0.05) is 135 Å². The molecule has 1 heteroatoms. The van der Waals surface area contributed by atoms with Crippen LogP contribution in [-0.2, 0) is 5.41 Å². The molecule has 1 aliphatic heterocycles. The molecule has 1 aliphatic rings. The minimum atomic E-state index is -0.133. The zero-order valence-electron chi connectivity index (χ0n) is 27.4. The molecular weight excluding hydrogens is 567 g/mol. The van der Waals surface area contributed by atoms with Gasteiger partial charge in [0.05, 0.1) is 0 Å². The lowest BCUT2D eigenvalue weighted by Crippen LogP contribution is -2.48. The highest BCUT2D eigenvalue weighted by atomic mass is 15.2. The Labute approximate surface area is 276 Å². The number of benzene rings is 8. The SMILES string of the molecule is CC1(C)c2ccccc2N(c2ccc3c(-c4ccc5ccccc5c4)c4ccccc4c(-c4ccc5ccccc5c4)c3c2)C1(C)C. The van der Waals surface area contributed by atoms with Gasteiger partial charge in [0.2, 0.25) is 0 Å². The van der Waals surface area contributed by atoms with Gasteiger partial charge in [-0.05, 0) is 115 Å². The van der Waals surface area contributed by atoms with Crippen molar-refractivity contribution in [3.8, 4) is 22.3 Å². The third-order valence-electron chi connectivity index (χ3n) is 11.2. The van der Waals surface area contributed by atoms with E-state index in [2.05, 4.69) is 184 Å². The van der Waals surface area contributed by atoms with Crippen molar-refractivity contribution in [3.05, 3.63) is 157 Å². The smallest absolute Gasteiger partial charge is 0.0487 e. The van der Waals surface area contributed by atoms with Gasteiger partial charge in [-0.3, -0.25) is 0 Å². The molecule has 0 unspecified atom stereocenters. The number of para-hydroxylation sites is 1. The second-order valence-corrected chi connectivity index (χ2v) is 14.2. The van der Waals surface area contributed by atoms with Crippen molar-refractivity contribution in [2.45, 2.75) is 38.6 Å². The summed E-state index contributed by atoms with van der Waals surface area (Å²) in [5.74, 6) is 0. The summed E-state index contributed by atoms with van der Waals surface area (Å²) >= 11 is 0. The number of hydrogen-bond acceptors (Lipinski definition) is 1. The molecule has 8 aromatic rings. The second-order valence-electron chi connectivity index (χ2n) is 14.2. The molecule has 0 atom stereocenters. The predicted molar refractivity (Wildman–Crippen MR) is 203 cm³/mol. The van der Waals surface area contributed by atoms with Crippen LogP contribution in [0.3, 0.4) is 0 Å². The number of hydrogen-bond donors (Lipinski definition) is 0. The van der Waals surface area contributed by atoms with Crippen LogP contribution in [0.15, 0.2) is 152 Å².